The van der Waals surface area contributed by atoms with E-state index in [1.165, 1.54) is 17.0 Å². The first-order valence-corrected chi connectivity index (χ1v) is 8.33. The van der Waals surface area contributed by atoms with Crippen molar-refractivity contribution in [1.29, 1.82) is 0 Å². The monoisotopic (exact) mass is 355 g/mol. The Kier molecular flexibility index (Phi) is 3.30. The van der Waals surface area contributed by atoms with Crippen molar-refractivity contribution >= 4 is 52.3 Å². The van der Waals surface area contributed by atoms with E-state index >= 15 is 0 Å². The Morgan fingerprint density at radius 1 is 0.864 bits per heavy atom. The third-order valence-corrected chi connectivity index (χ3v) is 6.18. The van der Waals surface area contributed by atoms with Crippen molar-refractivity contribution in [2.75, 3.05) is 4.90 Å². The van der Waals surface area contributed by atoms with Crippen LogP contribution in [0, 0.1) is 23.7 Å². The van der Waals surface area contributed by atoms with Crippen LogP contribution < -0.4 is 4.90 Å². The van der Waals surface area contributed by atoms with Crippen LogP contribution in [0.2, 0.25) is 15.1 Å². The second kappa shape index (κ2) is 4.98. The summed E-state index contributed by atoms with van der Waals surface area (Å²) in [5, 5.41) is 0.701. The molecule has 3 aliphatic carbocycles. The van der Waals surface area contributed by atoms with E-state index in [4.69, 9.17) is 34.8 Å². The molecule has 0 radical (unpaired) electrons. The fourth-order valence-electron chi connectivity index (χ4n) is 4.00. The molecule has 6 heteroatoms. The number of imide groups is 1. The lowest BCUT2D eigenvalue weighted by Gasteiger charge is -2.38. The summed E-state index contributed by atoms with van der Waals surface area (Å²) in [7, 11) is 0. The van der Waals surface area contributed by atoms with Gasteiger partial charge in [0, 0.05) is 0 Å². The van der Waals surface area contributed by atoms with Gasteiger partial charge in [0.15, 0.2) is 0 Å². The van der Waals surface area contributed by atoms with Crippen molar-refractivity contribution in [3.8, 4) is 0 Å². The van der Waals surface area contributed by atoms with Gasteiger partial charge in [0.2, 0.25) is 11.8 Å². The van der Waals surface area contributed by atoms with Crippen LogP contribution >= 0.6 is 34.8 Å². The number of fused-ring (bicyclic) bond motifs is 1. The van der Waals surface area contributed by atoms with Gasteiger partial charge in [0.1, 0.15) is 0 Å². The van der Waals surface area contributed by atoms with Crippen LogP contribution in [-0.4, -0.2) is 11.8 Å². The van der Waals surface area contributed by atoms with Gasteiger partial charge in [0.25, 0.3) is 0 Å². The minimum Gasteiger partial charge on any atom is -0.274 e. The van der Waals surface area contributed by atoms with E-state index in [0.29, 0.717) is 5.69 Å². The van der Waals surface area contributed by atoms with Gasteiger partial charge in [-0.1, -0.05) is 47.0 Å². The van der Waals surface area contributed by atoms with Crippen molar-refractivity contribution in [1.82, 2.24) is 0 Å². The maximum Gasteiger partial charge on any atom is 0.238 e. The Morgan fingerprint density at radius 2 is 1.32 bits per heavy atom. The number of rotatable bonds is 1. The molecular formula is C16H12Cl3NO2. The maximum absolute atomic E-state index is 12.8. The van der Waals surface area contributed by atoms with Gasteiger partial charge in [0.05, 0.1) is 32.6 Å². The molecular weight excluding hydrogens is 345 g/mol. The minimum atomic E-state index is -0.246. The van der Waals surface area contributed by atoms with Crippen molar-refractivity contribution in [2.24, 2.45) is 23.7 Å². The molecule has 1 aromatic carbocycles. The largest absolute Gasteiger partial charge is 0.274 e. The van der Waals surface area contributed by atoms with E-state index < -0.39 is 0 Å². The molecule has 1 saturated heterocycles. The standard InChI is InChI=1S/C16H12Cl3NO2/c17-10-5-9(6-11(18)14(10)19)20-15(21)12-7-1-2-8(4-3-7)13(12)16(20)22/h1-2,5-8,12-13H,3-4H2/t7-,8+,12?,13?. The van der Waals surface area contributed by atoms with E-state index in [-0.39, 0.29) is 50.6 Å². The topological polar surface area (TPSA) is 37.4 Å². The number of carbonyl (C=O) groups is 2. The van der Waals surface area contributed by atoms with Gasteiger partial charge in [-0.2, -0.15) is 0 Å². The summed E-state index contributed by atoms with van der Waals surface area (Å²) in [6.07, 6.45) is 6.12. The smallest absolute Gasteiger partial charge is 0.238 e. The summed E-state index contributed by atoms with van der Waals surface area (Å²) in [6, 6.07) is 3.05. The van der Waals surface area contributed by atoms with Crippen LogP contribution in [0.4, 0.5) is 5.69 Å². The van der Waals surface area contributed by atoms with E-state index in [2.05, 4.69) is 12.2 Å². The average molecular weight is 357 g/mol. The van der Waals surface area contributed by atoms with Gasteiger partial charge in [-0.3, -0.25) is 9.59 Å². The number of halogens is 3. The number of allylic oxidation sites excluding steroid dienone is 2. The summed E-state index contributed by atoms with van der Waals surface area (Å²) in [4.78, 5) is 26.8. The lowest BCUT2D eigenvalue weighted by molar-refractivity contribution is -0.124. The number of nitrogens with zero attached hydrogens (tertiary/aromatic N) is 1. The molecule has 4 atom stereocenters. The molecule has 2 fully saturated rings. The number of benzene rings is 1. The van der Waals surface area contributed by atoms with Gasteiger partial charge in [-0.25, -0.2) is 4.90 Å². The summed E-state index contributed by atoms with van der Waals surface area (Å²) >= 11 is 18.0. The fourth-order valence-corrected chi connectivity index (χ4v) is 4.58. The molecule has 2 unspecified atom stereocenters. The lowest BCUT2D eigenvalue weighted by atomic mass is 9.63. The first kappa shape index (κ1) is 14.6. The molecule has 1 saturated carbocycles. The Balaban J connectivity index is 1.78. The molecule has 114 valence electrons. The predicted molar refractivity (Wildman–Crippen MR) is 86.3 cm³/mol. The van der Waals surface area contributed by atoms with Crippen LogP contribution in [-0.2, 0) is 9.59 Å². The molecule has 0 spiro atoms. The zero-order valence-corrected chi connectivity index (χ0v) is 13.7. The molecule has 1 heterocycles. The quantitative estimate of drug-likeness (QED) is 0.426. The molecule has 22 heavy (non-hydrogen) atoms. The molecule has 2 amide bonds. The average Bonchev–Trinajstić information content (AvgIpc) is 2.79. The number of carbonyl (C=O) groups excluding carboxylic acids is 2. The van der Waals surface area contributed by atoms with Crippen molar-refractivity contribution < 1.29 is 9.59 Å². The van der Waals surface area contributed by atoms with Gasteiger partial charge in [-0.15, -0.1) is 0 Å². The highest BCUT2D eigenvalue weighted by Crippen LogP contribution is 2.51. The molecule has 1 aliphatic heterocycles. The normalized spacial score (nSPS) is 32.8. The van der Waals surface area contributed by atoms with Crippen molar-refractivity contribution in [3.63, 3.8) is 0 Å². The number of hydrogen-bond acceptors (Lipinski definition) is 2. The van der Waals surface area contributed by atoms with Gasteiger partial charge >= 0.3 is 0 Å². The lowest BCUT2D eigenvalue weighted by Crippen LogP contribution is -2.38. The maximum atomic E-state index is 12.8. The molecule has 0 N–H and O–H groups in total. The molecule has 0 aromatic heterocycles. The summed E-state index contributed by atoms with van der Waals surface area (Å²) < 4.78 is 0. The van der Waals surface area contributed by atoms with E-state index in [1.54, 1.807) is 0 Å². The Labute approximate surface area is 142 Å². The zero-order valence-electron chi connectivity index (χ0n) is 11.4. The number of hydrogen-bond donors (Lipinski definition) is 0. The minimum absolute atomic E-state index is 0.150. The van der Waals surface area contributed by atoms with Gasteiger partial charge < -0.3 is 0 Å². The van der Waals surface area contributed by atoms with E-state index in [0.717, 1.165) is 12.8 Å². The first-order chi connectivity index (χ1) is 10.5. The zero-order chi connectivity index (χ0) is 15.6. The second-order valence-electron chi connectivity index (χ2n) is 6.08. The third-order valence-electron chi connectivity index (χ3n) is 4.99. The highest BCUT2D eigenvalue weighted by molar-refractivity contribution is 6.48. The van der Waals surface area contributed by atoms with Crippen molar-refractivity contribution in [2.45, 2.75) is 12.8 Å². The van der Waals surface area contributed by atoms with Crippen LogP contribution in [0.1, 0.15) is 12.8 Å². The molecule has 2 bridgehead atoms. The van der Waals surface area contributed by atoms with Crippen LogP contribution in [0.15, 0.2) is 24.3 Å². The third kappa shape index (κ3) is 1.89. The van der Waals surface area contributed by atoms with E-state index in [9.17, 15) is 9.59 Å². The summed E-state index contributed by atoms with van der Waals surface area (Å²) in [6.45, 7) is 0. The van der Waals surface area contributed by atoms with Crippen LogP contribution in [0.5, 0.6) is 0 Å². The SMILES string of the molecule is O=C1C2C(C(=O)N1c1cc(Cl)c(Cl)c(Cl)c1)[C@H]1C=C[C@@H]2CC1. The molecule has 5 rings (SSSR count). The highest BCUT2D eigenvalue weighted by atomic mass is 35.5. The Bertz CT molecular complexity index is 675. The number of anilines is 1. The molecule has 4 aliphatic rings. The highest BCUT2D eigenvalue weighted by Gasteiger charge is 2.56. The van der Waals surface area contributed by atoms with Crippen LogP contribution in [0.25, 0.3) is 0 Å². The number of amides is 2. The van der Waals surface area contributed by atoms with Crippen molar-refractivity contribution in [3.05, 3.63) is 39.4 Å². The Hall–Kier alpha value is -1.03. The Morgan fingerprint density at radius 3 is 1.73 bits per heavy atom. The molecule has 1 aromatic rings. The fraction of sp³-hybridized carbons (Fsp3) is 0.375. The van der Waals surface area contributed by atoms with Crippen LogP contribution in [0.3, 0.4) is 0 Å². The predicted octanol–water partition coefficient (Wildman–Crippen LogP) is 4.35. The second-order valence-corrected chi connectivity index (χ2v) is 7.27. The van der Waals surface area contributed by atoms with E-state index in [1.807, 2.05) is 0 Å². The molecule has 3 nitrogen and oxygen atoms in total. The summed E-state index contributed by atoms with van der Waals surface area (Å²) in [5.74, 6) is -0.467. The first-order valence-electron chi connectivity index (χ1n) is 7.19. The summed E-state index contributed by atoms with van der Waals surface area (Å²) in [5.41, 5.74) is 0.406. The van der Waals surface area contributed by atoms with Gasteiger partial charge in [-0.05, 0) is 36.8 Å².